The van der Waals surface area contributed by atoms with Crippen molar-refractivity contribution in [3.8, 4) is 33.6 Å². The van der Waals surface area contributed by atoms with E-state index in [0.29, 0.717) is 0 Å². The Morgan fingerprint density at radius 3 is 1.68 bits per heavy atom. The molecule has 0 bridgehead atoms. The van der Waals surface area contributed by atoms with Crippen molar-refractivity contribution in [3.05, 3.63) is 211 Å². The summed E-state index contributed by atoms with van der Waals surface area (Å²) in [4.78, 5) is 14.2. The molecule has 4 heteroatoms. The van der Waals surface area contributed by atoms with Crippen molar-refractivity contribution in [2.75, 3.05) is 0 Å². The summed E-state index contributed by atoms with van der Waals surface area (Å²) in [5, 5.41) is 9.78. The first-order valence-corrected chi connectivity index (χ1v) is 20.1. The molecule has 13 rings (SSSR count). The van der Waals surface area contributed by atoms with Gasteiger partial charge in [0.05, 0.1) is 38.8 Å². The molecule has 0 aliphatic carbocycles. The van der Waals surface area contributed by atoms with Gasteiger partial charge in [-0.15, -0.1) is 0 Å². The Morgan fingerprint density at radius 2 is 0.881 bits per heavy atom. The smallest absolute Gasteiger partial charge is 0.263 e. The zero-order valence-electron chi connectivity index (χ0n) is 31.8. The number of para-hydroxylation sites is 4. The van der Waals surface area contributed by atoms with Gasteiger partial charge in [-0.05, 0) is 88.3 Å². The first-order valence-electron chi connectivity index (χ1n) is 20.1. The molecular weight excluding hydrogens is 719 g/mol. The number of nitrogens with zero attached hydrogens (tertiary/aromatic N) is 3. The lowest BCUT2D eigenvalue weighted by molar-refractivity contribution is 1.17. The van der Waals surface area contributed by atoms with E-state index in [1.165, 1.54) is 32.7 Å². The van der Waals surface area contributed by atoms with E-state index in [-0.39, 0.29) is 5.56 Å². The van der Waals surface area contributed by atoms with Crippen LogP contribution in [0.1, 0.15) is 0 Å². The average Bonchev–Trinajstić information content (AvgIpc) is 3.94. The molecule has 0 saturated heterocycles. The molecule has 4 heterocycles. The lowest BCUT2D eigenvalue weighted by Crippen LogP contribution is -2.12. The van der Waals surface area contributed by atoms with Crippen molar-refractivity contribution in [3.63, 3.8) is 0 Å². The molecule has 4 nitrogen and oxygen atoms in total. The molecule has 4 aromatic heterocycles. The molecule has 0 spiro atoms. The van der Waals surface area contributed by atoms with Crippen LogP contribution in [0.15, 0.2) is 205 Å². The van der Waals surface area contributed by atoms with Gasteiger partial charge in [-0.3, -0.25) is 9.20 Å². The Labute approximate surface area is 338 Å². The third-order valence-electron chi connectivity index (χ3n) is 12.6. The van der Waals surface area contributed by atoms with Crippen LogP contribution in [-0.4, -0.2) is 13.5 Å². The van der Waals surface area contributed by atoms with E-state index in [1.54, 1.807) is 0 Å². The van der Waals surface area contributed by atoms with Crippen molar-refractivity contribution in [1.29, 1.82) is 0 Å². The number of rotatable bonds is 4. The molecule has 0 saturated carbocycles. The minimum Gasteiger partial charge on any atom is -0.309 e. The molecule has 9 aromatic carbocycles. The first kappa shape index (κ1) is 32.2. The van der Waals surface area contributed by atoms with Gasteiger partial charge in [0.2, 0.25) is 0 Å². The Hall–Kier alpha value is -7.95. The molecular formula is C55H33N3O. The molecule has 0 aliphatic heterocycles. The summed E-state index contributed by atoms with van der Waals surface area (Å²) in [6.07, 6.45) is 0. The Bertz CT molecular complexity index is 3910. The van der Waals surface area contributed by atoms with E-state index in [0.717, 1.165) is 82.5 Å². The number of fused-ring (bicyclic) bond motifs is 11. The van der Waals surface area contributed by atoms with Gasteiger partial charge in [0, 0.05) is 48.8 Å². The van der Waals surface area contributed by atoms with E-state index in [2.05, 4.69) is 191 Å². The van der Waals surface area contributed by atoms with Gasteiger partial charge in [0.15, 0.2) is 0 Å². The minimum atomic E-state index is 0.0179. The van der Waals surface area contributed by atoms with Gasteiger partial charge in [0.25, 0.3) is 5.56 Å². The van der Waals surface area contributed by atoms with E-state index in [4.69, 9.17) is 0 Å². The fraction of sp³-hybridized carbons (Fsp3) is 0. The van der Waals surface area contributed by atoms with Crippen molar-refractivity contribution in [2.45, 2.75) is 0 Å². The van der Waals surface area contributed by atoms with Gasteiger partial charge in [-0.25, -0.2) is 0 Å². The monoisotopic (exact) mass is 751 g/mol. The summed E-state index contributed by atoms with van der Waals surface area (Å²) < 4.78 is 6.83. The summed E-state index contributed by atoms with van der Waals surface area (Å²) in [6.45, 7) is 0. The highest BCUT2D eigenvalue weighted by Gasteiger charge is 2.23. The van der Waals surface area contributed by atoms with Crippen LogP contribution in [0, 0.1) is 0 Å². The van der Waals surface area contributed by atoms with E-state index >= 15 is 0 Å². The maximum Gasteiger partial charge on any atom is 0.263 e. The van der Waals surface area contributed by atoms with Crippen molar-refractivity contribution < 1.29 is 0 Å². The molecule has 0 aliphatic rings. The Morgan fingerprint density at radius 1 is 0.305 bits per heavy atom. The molecule has 0 unspecified atom stereocenters. The Kier molecular flexibility index (Phi) is 6.56. The standard InChI is InChI=1S/C55H33N3O/c59-55-44-20-8-7-18-39(44)42-22-13-23-43-46-30-35(27-29-49(46)58(55)54(42)43)37-32-51-53(45-21-10-12-25-48(45)56(51)38-16-5-2-6-17-38)52(33-37)57-47-24-11-9-19-40(47)41-28-26-36(31-50(41)57)34-14-3-1-4-15-34/h1-33H. The molecule has 59 heavy (non-hydrogen) atoms. The second-order valence-electron chi connectivity index (χ2n) is 15.6. The van der Waals surface area contributed by atoms with Gasteiger partial charge in [0.1, 0.15) is 0 Å². The van der Waals surface area contributed by atoms with Crippen molar-refractivity contribution >= 4 is 81.6 Å². The maximum atomic E-state index is 14.2. The second kappa shape index (κ2) is 12.0. The normalized spacial score (nSPS) is 12.1. The zero-order chi connectivity index (χ0) is 38.8. The Balaban J connectivity index is 1.17. The van der Waals surface area contributed by atoms with Gasteiger partial charge in [-0.2, -0.15) is 0 Å². The summed E-state index contributed by atoms with van der Waals surface area (Å²) in [6, 6.07) is 71.6. The number of hydrogen-bond acceptors (Lipinski definition) is 1. The molecule has 13 aromatic rings. The van der Waals surface area contributed by atoms with Gasteiger partial charge in [-0.1, -0.05) is 140 Å². The van der Waals surface area contributed by atoms with Crippen LogP contribution in [-0.2, 0) is 0 Å². The highest BCUT2D eigenvalue weighted by molar-refractivity contribution is 6.21. The van der Waals surface area contributed by atoms with Gasteiger partial charge < -0.3 is 9.13 Å². The van der Waals surface area contributed by atoms with E-state index in [9.17, 15) is 4.79 Å². The summed E-state index contributed by atoms with van der Waals surface area (Å²) in [5.74, 6) is 0. The highest BCUT2D eigenvalue weighted by Crippen LogP contribution is 2.44. The molecule has 274 valence electrons. The lowest BCUT2D eigenvalue weighted by atomic mass is 9.99. The lowest BCUT2D eigenvalue weighted by Gasteiger charge is -2.15. The predicted octanol–water partition coefficient (Wildman–Crippen LogP) is 13.7. The predicted molar refractivity (Wildman–Crippen MR) is 247 cm³/mol. The van der Waals surface area contributed by atoms with E-state index < -0.39 is 0 Å². The van der Waals surface area contributed by atoms with Crippen LogP contribution < -0.4 is 5.56 Å². The SMILES string of the molecule is O=c1c2ccccc2c2cccc3c4cc(-c5cc(-n6c7ccccc7c7ccc(-c8ccccc8)cc76)c6c7ccccc7n(-c7ccccc7)c6c5)ccc4n1c23. The third-order valence-corrected chi connectivity index (χ3v) is 12.6. The molecule has 0 fully saturated rings. The first-order chi connectivity index (χ1) is 29.2. The average molecular weight is 752 g/mol. The molecule has 0 N–H and O–H groups in total. The third kappa shape index (κ3) is 4.46. The van der Waals surface area contributed by atoms with Crippen LogP contribution in [0.3, 0.4) is 0 Å². The summed E-state index contributed by atoms with van der Waals surface area (Å²) in [7, 11) is 0. The summed E-state index contributed by atoms with van der Waals surface area (Å²) in [5.41, 5.74) is 13.3. The topological polar surface area (TPSA) is 31.3 Å². The quantitative estimate of drug-likeness (QED) is 0.165. The van der Waals surface area contributed by atoms with Crippen molar-refractivity contribution in [2.24, 2.45) is 0 Å². The fourth-order valence-corrected chi connectivity index (χ4v) is 10.0. The summed E-state index contributed by atoms with van der Waals surface area (Å²) >= 11 is 0. The molecule has 0 atom stereocenters. The van der Waals surface area contributed by atoms with Crippen LogP contribution in [0.2, 0.25) is 0 Å². The fourth-order valence-electron chi connectivity index (χ4n) is 10.0. The second-order valence-corrected chi connectivity index (χ2v) is 15.6. The molecule has 0 amide bonds. The largest absolute Gasteiger partial charge is 0.309 e. The highest BCUT2D eigenvalue weighted by atomic mass is 16.1. The van der Waals surface area contributed by atoms with Crippen LogP contribution in [0.5, 0.6) is 0 Å². The molecule has 0 radical (unpaired) electrons. The number of aromatic nitrogens is 3. The van der Waals surface area contributed by atoms with E-state index in [1.807, 2.05) is 22.6 Å². The number of pyridine rings is 1. The van der Waals surface area contributed by atoms with Crippen LogP contribution in [0.4, 0.5) is 0 Å². The maximum absolute atomic E-state index is 14.2. The van der Waals surface area contributed by atoms with Crippen LogP contribution >= 0.6 is 0 Å². The zero-order valence-corrected chi connectivity index (χ0v) is 31.8. The van der Waals surface area contributed by atoms with Crippen LogP contribution in [0.25, 0.3) is 115 Å². The van der Waals surface area contributed by atoms with Gasteiger partial charge >= 0.3 is 0 Å². The number of benzene rings is 9. The number of hydrogen-bond donors (Lipinski definition) is 0. The minimum absolute atomic E-state index is 0.0179. The van der Waals surface area contributed by atoms with Crippen molar-refractivity contribution in [1.82, 2.24) is 13.5 Å².